The van der Waals surface area contributed by atoms with Crippen LogP contribution in [0.1, 0.15) is 40.3 Å². The predicted molar refractivity (Wildman–Crippen MR) is 146 cm³/mol. The molecular weight excluding hydrogens is 556 g/mol. The number of rotatable bonds is 10. The standard InChI is InChI=1S/C25H32BN5O9P/c1-24(2,3)38-17(32)11-12-35-41(33)36-13-16-19-25(4,40-26(39-19)15-9-7-6-8-10-15)22(37-16)31-14-28-18-20(31)29-23(27)30-21(18)34-5/h6-10,14,16,19,22H,11-13H2,1-5H3,(H2,27,29,30)/q+1/t16-,19-,22-,25-/m1/s1. The van der Waals surface area contributed by atoms with Crippen molar-refractivity contribution in [1.82, 2.24) is 19.5 Å². The highest BCUT2D eigenvalue weighted by Gasteiger charge is 2.64. The second kappa shape index (κ2) is 11.6. The van der Waals surface area contributed by atoms with Crippen molar-refractivity contribution in [2.75, 3.05) is 26.1 Å². The maximum atomic E-state index is 12.5. The number of nitrogen functional groups attached to an aromatic ring is 1. The lowest BCUT2D eigenvalue weighted by Crippen LogP contribution is -2.42. The fourth-order valence-corrected chi connectivity index (χ4v) is 5.42. The molecule has 0 aliphatic carbocycles. The molecule has 41 heavy (non-hydrogen) atoms. The van der Waals surface area contributed by atoms with E-state index >= 15 is 0 Å². The highest BCUT2D eigenvalue weighted by Crippen LogP contribution is 2.48. The van der Waals surface area contributed by atoms with E-state index in [1.807, 2.05) is 37.3 Å². The number of imidazole rings is 1. The summed E-state index contributed by atoms with van der Waals surface area (Å²) in [6.45, 7) is 6.88. The number of methoxy groups -OCH3 is 1. The lowest BCUT2D eigenvalue weighted by atomic mass is 9.79. The number of carbonyl (C=O) groups is 1. The lowest BCUT2D eigenvalue weighted by Gasteiger charge is -2.29. The monoisotopic (exact) mass is 588 g/mol. The molecular formula is C25H32BN5O9P+. The van der Waals surface area contributed by atoms with Crippen molar-refractivity contribution in [2.45, 2.75) is 63.8 Å². The van der Waals surface area contributed by atoms with Gasteiger partial charge in [-0.25, -0.2) is 4.98 Å². The molecule has 0 saturated carbocycles. The van der Waals surface area contributed by atoms with Gasteiger partial charge in [0.05, 0.1) is 19.9 Å². The van der Waals surface area contributed by atoms with Gasteiger partial charge in [-0.2, -0.15) is 9.97 Å². The summed E-state index contributed by atoms with van der Waals surface area (Å²) in [5.41, 5.74) is 5.85. The van der Waals surface area contributed by atoms with Crippen molar-refractivity contribution in [2.24, 2.45) is 0 Å². The number of hydrogen-bond acceptors (Lipinski definition) is 13. The van der Waals surface area contributed by atoms with E-state index in [0.717, 1.165) is 5.46 Å². The van der Waals surface area contributed by atoms with Gasteiger partial charge in [0.1, 0.15) is 36.6 Å². The SMILES string of the molecule is COc1nc(N)nc2c1ncn2[C@@H]1O[C@H](CO[P+](=O)OCCC(=O)OC(C)(C)C)[C@H]2OB(c3ccccc3)O[C@]21C. The summed E-state index contributed by atoms with van der Waals surface area (Å²) in [6.07, 6.45) is -0.670. The summed E-state index contributed by atoms with van der Waals surface area (Å²) in [5.74, 6) is -0.241. The molecule has 2 fully saturated rings. The largest absolute Gasteiger partial charge is 0.697 e. The molecule has 2 saturated heterocycles. The third-order valence-corrected chi connectivity index (χ3v) is 7.27. The predicted octanol–water partition coefficient (Wildman–Crippen LogP) is 2.31. The number of nitrogens with two attached hydrogens (primary N) is 1. The Morgan fingerprint density at radius 2 is 1.98 bits per heavy atom. The molecule has 2 aliphatic heterocycles. The Bertz CT molecular complexity index is 1420. The Balaban J connectivity index is 1.33. The second-order valence-corrected chi connectivity index (χ2v) is 11.7. The zero-order chi connectivity index (χ0) is 29.4. The molecule has 3 aromatic rings. The van der Waals surface area contributed by atoms with E-state index in [2.05, 4.69) is 15.0 Å². The van der Waals surface area contributed by atoms with Gasteiger partial charge in [-0.3, -0.25) is 9.36 Å². The van der Waals surface area contributed by atoms with Gasteiger partial charge in [-0.05, 0) is 33.2 Å². The van der Waals surface area contributed by atoms with Gasteiger partial charge in [0.25, 0.3) is 0 Å². The minimum absolute atomic E-state index is 0.00182. The van der Waals surface area contributed by atoms with E-state index < -0.39 is 51.0 Å². The molecule has 14 nitrogen and oxygen atoms in total. The number of nitrogens with zero attached hydrogens (tertiary/aromatic N) is 4. The summed E-state index contributed by atoms with van der Waals surface area (Å²) in [6, 6.07) is 9.48. The van der Waals surface area contributed by atoms with Gasteiger partial charge >= 0.3 is 21.3 Å². The number of anilines is 1. The smallest absolute Gasteiger partial charge is 0.479 e. The van der Waals surface area contributed by atoms with Crippen LogP contribution in [-0.4, -0.2) is 76.3 Å². The van der Waals surface area contributed by atoms with E-state index in [1.54, 1.807) is 25.3 Å². The molecule has 16 heteroatoms. The van der Waals surface area contributed by atoms with E-state index in [-0.39, 0.29) is 31.5 Å². The van der Waals surface area contributed by atoms with Gasteiger partial charge in [0, 0.05) is 4.57 Å². The molecule has 1 aromatic carbocycles. The molecule has 0 spiro atoms. The fourth-order valence-electron chi connectivity index (χ4n) is 4.83. The van der Waals surface area contributed by atoms with Crippen LogP contribution in [0.25, 0.3) is 11.2 Å². The van der Waals surface area contributed by atoms with Gasteiger partial charge in [-0.15, -0.1) is 9.05 Å². The number of aromatic nitrogens is 4. The zero-order valence-corrected chi connectivity index (χ0v) is 24.3. The van der Waals surface area contributed by atoms with Crippen LogP contribution in [0, 0.1) is 0 Å². The van der Waals surface area contributed by atoms with Crippen LogP contribution in [-0.2, 0) is 37.2 Å². The average molecular weight is 588 g/mol. The number of esters is 1. The van der Waals surface area contributed by atoms with Crippen LogP contribution in [0.3, 0.4) is 0 Å². The van der Waals surface area contributed by atoms with Crippen molar-refractivity contribution in [3.05, 3.63) is 36.7 Å². The number of hydrogen-bond donors (Lipinski definition) is 1. The van der Waals surface area contributed by atoms with Crippen LogP contribution >= 0.6 is 8.25 Å². The molecule has 0 bridgehead atoms. The molecule has 5 rings (SSSR count). The summed E-state index contributed by atoms with van der Waals surface area (Å²) in [4.78, 5) is 24.8. The molecule has 0 radical (unpaired) electrons. The highest BCUT2D eigenvalue weighted by atomic mass is 31.1. The van der Waals surface area contributed by atoms with Crippen molar-refractivity contribution in [1.29, 1.82) is 0 Å². The summed E-state index contributed by atoms with van der Waals surface area (Å²) >= 11 is 0. The van der Waals surface area contributed by atoms with E-state index in [1.165, 1.54) is 13.4 Å². The molecule has 5 atom stereocenters. The molecule has 218 valence electrons. The molecule has 1 unspecified atom stereocenters. The molecule has 4 heterocycles. The quantitative estimate of drug-likeness (QED) is 0.208. The Hall–Kier alpha value is -3.20. The summed E-state index contributed by atoms with van der Waals surface area (Å²) in [7, 11) is -1.78. The van der Waals surface area contributed by atoms with E-state index in [9.17, 15) is 9.36 Å². The Morgan fingerprint density at radius 1 is 1.22 bits per heavy atom. The number of fused-ring (bicyclic) bond motifs is 2. The first-order valence-electron chi connectivity index (χ1n) is 13.0. The third-order valence-electron chi connectivity index (χ3n) is 6.52. The van der Waals surface area contributed by atoms with Crippen molar-refractivity contribution in [3.63, 3.8) is 0 Å². The number of carbonyl (C=O) groups excluding carboxylic acids is 1. The minimum atomic E-state index is -2.56. The third kappa shape index (κ3) is 6.20. The fraction of sp³-hybridized carbons (Fsp3) is 0.520. The van der Waals surface area contributed by atoms with Gasteiger partial charge < -0.3 is 29.3 Å². The Kier molecular flexibility index (Phi) is 8.28. The van der Waals surface area contributed by atoms with Crippen LogP contribution in [0.15, 0.2) is 36.7 Å². The summed E-state index contributed by atoms with van der Waals surface area (Å²) in [5, 5.41) is 0. The van der Waals surface area contributed by atoms with Gasteiger partial charge in [0.15, 0.2) is 17.4 Å². The van der Waals surface area contributed by atoms with E-state index in [4.69, 9.17) is 38.3 Å². The lowest BCUT2D eigenvalue weighted by molar-refractivity contribution is -0.155. The molecule has 0 amide bonds. The maximum Gasteiger partial charge on any atom is 0.697 e. The first-order chi connectivity index (χ1) is 19.5. The van der Waals surface area contributed by atoms with Crippen LogP contribution in [0.5, 0.6) is 5.88 Å². The van der Waals surface area contributed by atoms with Crippen molar-refractivity contribution < 1.29 is 41.9 Å². The van der Waals surface area contributed by atoms with Gasteiger partial charge in [0.2, 0.25) is 11.8 Å². The molecule has 2 aliphatic rings. The Labute approximate surface area is 237 Å². The van der Waals surface area contributed by atoms with Crippen molar-refractivity contribution in [3.8, 4) is 5.88 Å². The summed E-state index contributed by atoms with van der Waals surface area (Å²) < 4.78 is 54.6. The second-order valence-electron chi connectivity index (χ2n) is 10.7. The van der Waals surface area contributed by atoms with Crippen LogP contribution in [0.2, 0.25) is 0 Å². The van der Waals surface area contributed by atoms with Crippen LogP contribution in [0.4, 0.5) is 5.95 Å². The first-order valence-corrected chi connectivity index (χ1v) is 14.1. The first kappa shape index (κ1) is 29.3. The average Bonchev–Trinajstić information content (AvgIpc) is 3.56. The number of benzene rings is 1. The topological polar surface area (TPSA) is 168 Å². The molecule has 2 N–H and O–H groups in total. The maximum absolute atomic E-state index is 12.5. The van der Waals surface area contributed by atoms with Crippen molar-refractivity contribution >= 4 is 43.9 Å². The van der Waals surface area contributed by atoms with E-state index in [0.29, 0.717) is 11.2 Å². The van der Waals surface area contributed by atoms with Gasteiger partial charge in [-0.1, -0.05) is 30.3 Å². The minimum Gasteiger partial charge on any atom is -0.479 e. The molecule has 2 aromatic heterocycles. The number of ether oxygens (including phenoxy) is 3. The zero-order valence-electron chi connectivity index (χ0n) is 23.4. The van der Waals surface area contributed by atoms with Crippen LogP contribution < -0.4 is 15.9 Å². The normalized spacial score (nSPS) is 24.5. The highest BCUT2D eigenvalue weighted by molar-refractivity contribution is 7.33. The Morgan fingerprint density at radius 3 is 2.68 bits per heavy atom.